The number of pyridine rings is 1. The molecule has 1 aliphatic rings. The van der Waals surface area contributed by atoms with Crippen LogP contribution in [0, 0.1) is 5.41 Å². The van der Waals surface area contributed by atoms with Crippen LogP contribution in [0.1, 0.15) is 46.5 Å². The Labute approximate surface area is 132 Å². The van der Waals surface area contributed by atoms with Gasteiger partial charge in [-0.05, 0) is 43.4 Å². The fourth-order valence-electron chi connectivity index (χ4n) is 3.02. The molecule has 112 valence electrons. The maximum Gasteiger partial charge on any atom is 0.115 e. The zero-order chi connectivity index (χ0) is 14.6. The van der Waals surface area contributed by atoms with Crippen LogP contribution in [0.15, 0.2) is 23.4 Å². The van der Waals surface area contributed by atoms with Gasteiger partial charge in [-0.25, -0.2) is 4.98 Å². The van der Waals surface area contributed by atoms with Crippen molar-refractivity contribution in [3.63, 3.8) is 0 Å². The molecular formula is C16H25ClN2S. The molecule has 1 saturated carbocycles. The van der Waals surface area contributed by atoms with Gasteiger partial charge in [0.1, 0.15) is 5.03 Å². The lowest BCUT2D eigenvalue weighted by Crippen LogP contribution is -2.51. The Kier molecular flexibility index (Phi) is 5.76. The van der Waals surface area contributed by atoms with E-state index >= 15 is 0 Å². The largest absolute Gasteiger partial charge is 0.312 e. The number of thioether (sulfide) groups is 1. The third-order valence-electron chi connectivity index (χ3n) is 4.13. The first-order valence-corrected chi connectivity index (χ1v) is 8.81. The SMILES string of the molecule is CCCNC1C(Sc2ncccc2Cl)CCCC1(C)C. The molecule has 0 saturated heterocycles. The molecule has 0 aliphatic heterocycles. The van der Waals surface area contributed by atoms with Crippen molar-refractivity contribution in [3.8, 4) is 0 Å². The Bertz CT molecular complexity index is 436. The Morgan fingerprint density at radius 3 is 3.00 bits per heavy atom. The highest BCUT2D eigenvalue weighted by atomic mass is 35.5. The van der Waals surface area contributed by atoms with Crippen LogP contribution in [0.25, 0.3) is 0 Å². The van der Waals surface area contributed by atoms with Crippen molar-refractivity contribution in [2.75, 3.05) is 6.54 Å². The second kappa shape index (κ2) is 7.15. The third kappa shape index (κ3) is 3.90. The van der Waals surface area contributed by atoms with Crippen LogP contribution in [0.2, 0.25) is 5.02 Å². The van der Waals surface area contributed by atoms with Crippen molar-refractivity contribution in [2.24, 2.45) is 5.41 Å². The average molecular weight is 313 g/mol. The van der Waals surface area contributed by atoms with Crippen LogP contribution in [-0.4, -0.2) is 22.8 Å². The van der Waals surface area contributed by atoms with E-state index in [0.717, 1.165) is 16.6 Å². The molecule has 1 heterocycles. The van der Waals surface area contributed by atoms with Crippen molar-refractivity contribution in [2.45, 2.75) is 62.8 Å². The highest BCUT2D eigenvalue weighted by Crippen LogP contribution is 2.43. The summed E-state index contributed by atoms with van der Waals surface area (Å²) in [6, 6.07) is 4.35. The van der Waals surface area contributed by atoms with Crippen LogP contribution in [0.4, 0.5) is 0 Å². The molecule has 2 atom stereocenters. The summed E-state index contributed by atoms with van der Waals surface area (Å²) in [5.41, 5.74) is 0.340. The maximum atomic E-state index is 6.26. The quantitative estimate of drug-likeness (QED) is 0.847. The predicted octanol–water partition coefficient (Wildman–Crippen LogP) is 4.77. The molecule has 1 aromatic rings. The van der Waals surface area contributed by atoms with Crippen LogP contribution < -0.4 is 5.32 Å². The van der Waals surface area contributed by atoms with Gasteiger partial charge in [0, 0.05) is 17.5 Å². The summed E-state index contributed by atoms with van der Waals surface area (Å²) in [5, 5.41) is 6.06. The molecule has 1 fully saturated rings. The van der Waals surface area contributed by atoms with E-state index in [1.165, 1.54) is 25.7 Å². The molecular weight excluding hydrogens is 288 g/mol. The van der Waals surface area contributed by atoms with Crippen LogP contribution >= 0.6 is 23.4 Å². The van der Waals surface area contributed by atoms with E-state index in [9.17, 15) is 0 Å². The highest BCUT2D eigenvalue weighted by Gasteiger charge is 2.39. The number of aromatic nitrogens is 1. The van der Waals surface area contributed by atoms with Gasteiger partial charge in [0.25, 0.3) is 0 Å². The summed E-state index contributed by atoms with van der Waals surface area (Å²) in [4.78, 5) is 4.44. The topological polar surface area (TPSA) is 24.9 Å². The Morgan fingerprint density at radius 1 is 1.50 bits per heavy atom. The molecule has 20 heavy (non-hydrogen) atoms. The lowest BCUT2D eigenvalue weighted by Gasteiger charge is -2.44. The van der Waals surface area contributed by atoms with Crippen molar-refractivity contribution < 1.29 is 0 Å². The molecule has 0 spiro atoms. The molecule has 1 aromatic heterocycles. The first-order chi connectivity index (χ1) is 9.54. The maximum absolute atomic E-state index is 6.26. The molecule has 4 heteroatoms. The number of hydrogen-bond acceptors (Lipinski definition) is 3. The van der Waals surface area contributed by atoms with Crippen molar-refractivity contribution in [1.82, 2.24) is 10.3 Å². The smallest absolute Gasteiger partial charge is 0.115 e. The number of nitrogens with zero attached hydrogens (tertiary/aromatic N) is 1. The van der Waals surface area contributed by atoms with Crippen LogP contribution in [0.3, 0.4) is 0 Å². The first-order valence-electron chi connectivity index (χ1n) is 7.55. The average Bonchev–Trinajstić information content (AvgIpc) is 2.40. The van der Waals surface area contributed by atoms with Crippen molar-refractivity contribution >= 4 is 23.4 Å². The molecule has 1 N–H and O–H groups in total. The van der Waals surface area contributed by atoms with E-state index in [4.69, 9.17) is 11.6 Å². The summed E-state index contributed by atoms with van der Waals surface area (Å²) in [6.45, 7) is 8.07. The lowest BCUT2D eigenvalue weighted by molar-refractivity contribution is 0.175. The predicted molar refractivity (Wildman–Crippen MR) is 88.6 cm³/mol. The summed E-state index contributed by atoms with van der Waals surface area (Å²) in [6.07, 6.45) is 6.83. The van der Waals surface area contributed by atoms with Gasteiger partial charge in [0.2, 0.25) is 0 Å². The van der Waals surface area contributed by atoms with E-state index in [1.807, 2.05) is 30.1 Å². The molecule has 2 rings (SSSR count). The lowest BCUT2D eigenvalue weighted by atomic mass is 9.73. The number of rotatable bonds is 5. The highest BCUT2D eigenvalue weighted by molar-refractivity contribution is 8.00. The summed E-state index contributed by atoms with van der Waals surface area (Å²) in [5.74, 6) is 0. The van der Waals surface area contributed by atoms with E-state index < -0.39 is 0 Å². The fourth-order valence-corrected chi connectivity index (χ4v) is 4.75. The van der Waals surface area contributed by atoms with Gasteiger partial charge >= 0.3 is 0 Å². The summed E-state index contributed by atoms with van der Waals surface area (Å²) < 4.78 is 0. The van der Waals surface area contributed by atoms with Gasteiger partial charge in [0.15, 0.2) is 0 Å². The van der Waals surface area contributed by atoms with Crippen molar-refractivity contribution in [3.05, 3.63) is 23.4 Å². The molecule has 2 nitrogen and oxygen atoms in total. The minimum absolute atomic E-state index is 0.340. The standard InChI is InChI=1S/C16H25ClN2S/c1-4-10-18-14-13(8-5-9-16(14,2)3)20-15-12(17)7-6-11-19-15/h6-7,11,13-14,18H,4-5,8-10H2,1-3H3. The summed E-state index contributed by atoms with van der Waals surface area (Å²) >= 11 is 8.11. The first kappa shape index (κ1) is 16.1. The Hall–Kier alpha value is -0.250. The van der Waals surface area contributed by atoms with Crippen molar-refractivity contribution in [1.29, 1.82) is 0 Å². The molecule has 0 amide bonds. The minimum Gasteiger partial charge on any atom is -0.312 e. The van der Waals surface area contributed by atoms with E-state index in [2.05, 4.69) is 31.1 Å². The Balaban J connectivity index is 2.13. The normalized spacial score (nSPS) is 25.6. The number of nitrogens with one attached hydrogen (secondary N) is 1. The van der Waals surface area contributed by atoms with Gasteiger partial charge < -0.3 is 5.32 Å². The molecule has 0 bridgehead atoms. The fraction of sp³-hybridized carbons (Fsp3) is 0.688. The van der Waals surface area contributed by atoms with E-state index in [1.54, 1.807) is 0 Å². The van der Waals surface area contributed by atoms with Crippen LogP contribution in [0.5, 0.6) is 0 Å². The Morgan fingerprint density at radius 2 is 2.30 bits per heavy atom. The molecule has 2 unspecified atom stereocenters. The zero-order valence-electron chi connectivity index (χ0n) is 12.7. The van der Waals surface area contributed by atoms with Gasteiger partial charge in [0.05, 0.1) is 5.02 Å². The molecule has 0 radical (unpaired) electrons. The van der Waals surface area contributed by atoms with Gasteiger partial charge in [-0.1, -0.05) is 50.6 Å². The number of halogens is 1. The zero-order valence-corrected chi connectivity index (χ0v) is 14.2. The van der Waals surface area contributed by atoms with Gasteiger partial charge in [-0.15, -0.1) is 0 Å². The minimum atomic E-state index is 0.340. The second-order valence-electron chi connectivity index (χ2n) is 6.26. The second-order valence-corrected chi connectivity index (χ2v) is 7.89. The van der Waals surface area contributed by atoms with E-state index in [-0.39, 0.29) is 0 Å². The molecule has 1 aliphatic carbocycles. The van der Waals surface area contributed by atoms with Crippen LogP contribution in [-0.2, 0) is 0 Å². The van der Waals surface area contributed by atoms with Gasteiger partial charge in [-0.2, -0.15) is 0 Å². The van der Waals surface area contributed by atoms with Gasteiger partial charge in [-0.3, -0.25) is 0 Å². The monoisotopic (exact) mass is 312 g/mol. The van der Waals surface area contributed by atoms with E-state index in [0.29, 0.717) is 16.7 Å². The summed E-state index contributed by atoms with van der Waals surface area (Å²) in [7, 11) is 0. The third-order valence-corrected chi connectivity index (χ3v) is 5.90. The number of hydrogen-bond donors (Lipinski definition) is 1. The molecule has 0 aromatic carbocycles.